The largest absolute Gasteiger partial charge is 0.416 e. The Hall–Kier alpha value is -3.17. The smallest absolute Gasteiger partial charge is 0.410 e. The summed E-state index contributed by atoms with van der Waals surface area (Å²) in [5.41, 5.74) is 0.763. The van der Waals surface area contributed by atoms with Crippen LogP contribution in [0.15, 0.2) is 42.5 Å². The van der Waals surface area contributed by atoms with E-state index in [-0.39, 0.29) is 30.9 Å². The summed E-state index contributed by atoms with van der Waals surface area (Å²) in [5.74, 6) is 0.163. The molecule has 0 aliphatic carbocycles. The SMILES string of the molecule is CS(=O)(=O)N1CCc2c(c(-c3ccc(C(F)(F)F)c(CNC(=O)Oc4ccc(Cl)cc4)c3)nn2CC(O)CN2CCCC2)C1. The molecule has 2 N–H and O–H groups in total. The fourth-order valence-corrected chi connectivity index (χ4v) is 6.54. The number of fused-ring (bicyclic) bond motifs is 1. The third kappa shape index (κ3) is 7.72. The Morgan fingerprint density at radius 3 is 2.48 bits per heavy atom. The molecule has 1 fully saturated rings. The molecule has 10 nitrogen and oxygen atoms in total. The van der Waals surface area contributed by atoms with Gasteiger partial charge in [-0.25, -0.2) is 13.2 Å². The predicted octanol–water partition coefficient (Wildman–Crippen LogP) is 4.29. The third-order valence-corrected chi connectivity index (χ3v) is 9.25. The van der Waals surface area contributed by atoms with Gasteiger partial charge in [0.2, 0.25) is 10.0 Å². The number of nitrogens with one attached hydrogen (secondary N) is 1. The molecule has 0 saturated carbocycles. The molecular weight excluding hydrogens is 623 g/mol. The van der Waals surface area contributed by atoms with Gasteiger partial charge in [-0.2, -0.15) is 22.6 Å². The molecule has 1 unspecified atom stereocenters. The Labute approximate surface area is 258 Å². The summed E-state index contributed by atoms with van der Waals surface area (Å²) in [7, 11) is -3.55. The zero-order chi connectivity index (χ0) is 31.6. The summed E-state index contributed by atoms with van der Waals surface area (Å²) in [6.07, 6.45) is -2.83. The van der Waals surface area contributed by atoms with E-state index >= 15 is 0 Å². The second-order valence-corrected chi connectivity index (χ2v) is 13.4. The van der Waals surface area contributed by atoms with Crippen molar-refractivity contribution < 1.29 is 36.2 Å². The van der Waals surface area contributed by atoms with Gasteiger partial charge in [-0.15, -0.1) is 0 Å². The van der Waals surface area contributed by atoms with Crippen molar-refractivity contribution in [1.82, 2.24) is 24.3 Å². The topological polar surface area (TPSA) is 117 Å². The van der Waals surface area contributed by atoms with E-state index < -0.39 is 40.5 Å². The van der Waals surface area contributed by atoms with Crippen molar-refractivity contribution in [2.24, 2.45) is 0 Å². The molecule has 1 saturated heterocycles. The van der Waals surface area contributed by atoms with E-state index in [1.165, 1.54) is 40.7 Å². The second-order valence-electron chi connectivity index (χ2n) is 11.0. The number of hydrogen-bond donors (Lipinski definition) is 2. The Bertz CT molecular complexity index is 1610. The van der Waals surface area contributed by atoms with Gasteiger partial charge in [0.1, 0.15) is 5.75 Å². The maximum Gasteiger partial charge on any atom is 0.416 e. The second kappa shape index (κ2) is 13.1. The van der Waals surface area contributed by atoms with Crippen LogP contribution in [0.2, 0.25) is 5.02 Å². The lowest BCUT2D eigenvalue weighted by Crippen LogP contribution is -2.37. The fourth-order valence-electron chi connectivity index (χ4n) is 5.63. The van der Waals surface area contributed by atoms with Crippen molar-refractivity contribution >= 4 is 27.7 Å². The quantitative estimate of drug-likeness (QED) is 0.353. The number of ether oxygens (including phenoxy) is 1. The molecule has 2 aliphatic heterocycles. The number of aliphatic hydroxyl groups is 1. The lowest BCUT2D eigenvalue weighted by Gasteiger charge is -2.26. The number of sulfonamides is 1. The van der Waals surface area contributed by atoms with E-state index in [0.29, 0.717) is 34.8 Å². The number of hydrogen-bond acceptors (Lipinski definition) is 7. The first kappa shape index (κ1) is 32.2. The zero-order valence-electron chi connectivity index (χ0n) is 24.0. The van der Waals surface area contributed by atoms with E-state index in [1.54, 1.807) is 4.68 Å². The minimum Gasteiger partial charge on any atom is -0.410 e. The summed E-state index contributed by atoms with van der Waals surface area (Å²) >= 11 is 5.83. The van der Waals surface area contributed by atoms with Gasteiger partial charge >= 0.3 is 12.3 Å². The van der Waals surface area contributed by atoms with Crippen LogP contribution in [0.3, 0.4) is 0 Å². The molecule has 3 heterocycles. The number of rotatable bonds is 9. The molecule has 1 amide bonds. The van der Waals surface area contributed by atoms with E-state index in [4.69, 9.17) is 21.4 Å². The molecular formula is C29H33ClF3N5O5S. The van der Waals surface area contributed by atoms with Gasteiger partial charge in [-0.3, -0.25) is 4.68 Å². The molecule has 238 valence electrons. The Kier molecular flexibility index (Phi) is 9.56. The number of carbonyl (C=O) groups excluding carboxylic acids is 1. The number of aliphatic hydroxyl groups excluding tert-OH is 1. The van der Waals surface area contributed by atoms with Crippen molar-refractivity contribution in [3.63, 3.8) is 0 Å². The number of β-amino-alcohol motifs (C(OH)–C–C–N with tert-alkyl or cyclic N) is 1. The number of aromatic nitrogens is 2. The van der Waals surface area contributed by atoms with Gasteiger partial charge in [0.25, 0.3) is 0 Å². The van der Waals surface area contributed by atoms with Crippen molar-refractivity contribution in [1.29, 1.82) is 0 Å². The highest BCUT2D eigenvalue weighted by Crippen LogP contribution is 2.37. The first-order valence-electron chi connectivity index (χ1n) is 14.1. The predicted molar refractivity (Wildman–Crippen MR) is 158 cm³/mol. The summed E-state index contributed by atoms with van der Waals surface area (Å²) < 4.78 is 74.8. The molecule has 1 atom stereocenters. The number of alkyl halides is 3. The van der Waals surface area contributed by atoms with E-state index in [9.17, 15) is 31.5 Å². The molecule has 0 radical (unpaired) electrons. The van der Waals surface area contributed by atoms with Crippen LogP contribution in [-0.4, -0.2) is 77.1 Å². The molecule has 15 heteroatoms. The van der Waals surface area contributed by atoms with E-state index in [2.05, 4.69) is 10.2 Å². The Balaban J connectivity index is 1.45. The average Bonchev–Trinajstić information content (AvgIpc) is 3.59. The molecule has 5 rings (SSSR count). The highest BCUT2D eigenvalue weighted by Gasteiger charge is 2.35. The Morgan fingerprint density at radius 2 is 1.82 bits per heavy atom. The fraction of sp³-hybridized carbons (Fsp3) is 0.448. The first-order valence-corrected chi connectivity index (χ1v) is 16.4. The van der Waals surface area contributed by atoms with Crippen LogP contribution >= 0.6 is 11.6 Å². The highest BCUT2D eigenvalue weighted by atomic mass is 35.5. The maximum atomic E-state index is 14.0. The molecule has 0 spiro atoms. The van der Waals surface area contributed by atoms with Crippen LogP contribution in [0, 0.1) is 0 Å². The highest BCUT2D eigenvalue weighted by molar-refractivity contribution is 7.88. The minimum absolute atomic E-state index is 0.00621. The summed E-state index contributed by atoms with van der Waals surface area (Å²) in [6, 6.07) is 9.40. The van der Waals surface area contributed by atoms with Crippen LogP contribution in [0.5, 0.6) is 5.75 Å². The zero-order valence-corrected chi connectivity index (χ0v) is 25.6. The normalized spacial score (nSPS) is 17.0. The summed E-state index contributed by atoms with van der Waals surface area (Å²) in [5, 5.41) is 18.3. The van der Waals surface area contributed by atoms with Crippen LogP contribution < -0.4 is 10.1 Å². The molecule has 2 aromatic carbocycles. The van der Waals surface area contributed by atoms with Crippen LogP contribution in [0.4, 0.5) is 18.0 Å². The average molecular weight is 656 g/mol. The first-order chi connectivity index (χ1) is 20.8. The van der Waals surface area contributed by atoms with Gasteiger partial charge in [0.15, 0.2) is 0 Å². The number of amides is 1. The number of likely N-dealkylation sites (tertiary alicyclic amines) is 1. The monoisotopic (exact) mass is 655 g/mol. The maximum absolute atomic E-state index is 14.0. The lowest BCUT2D eigenvalue weighted by atomic mass is 9.97. The number of carbonyl (C=O) groups is 1. The van der Waals surface area contributed by atoms with Crippen molar-refractivity contribution in [3.8, 4) is 17.0 Å². The lowest BCUT2D eigenvalue weighted by molar-refractivity contribution is -0.138. The van der Waals surface area contributed by atoms with Crippen molar-refractivity contribution in [2.75, 3.05) is 32.4 Å². The third-order valence-electron chi connectivity index (χ3n) is 7.75. The molecule has 1 aromatic heterocycles. The van der Waals surface area contributed by atoms with Crippen molar-refractivity contribution in [2.45, 2.75) is 51.2 Å². The summed E-state index contributed by atoms with van der Waals surface area (Å²) in [6.45, 7) is 2.13. The van der Waals surface area contributed by atoms with Gasteiger partial charge in [0, 0.05) is 54.4 Å². The number of halogens is 4. The summed E-state index contributed by atoms with van der Waals surface area (Å²) in [4.78, 5) is 14.6. The molecule has 3 aromatic rings. The van der Waals surface area contributed by atoms with E-state index in [1.807, 2.05) is 0 Å². The van der Waals surface area contributed by atoms with Gasteiger partial charge in [-0.1, -0.05) is 17.7 Å². The van der Waals surface area contributed by atoms with Gasteiger partial charge < -0.3 is 20.1 Å². The minimum atomic E-state index is -4.71. The molecule has 0 bridgehead atoms. The van der Waals surface area contributed by atoms with E-state index in [0.717, 1.165) is 43.9 Å². The van der Waals surface area contributed by atoms with Crippen LogP contribution in [0.1, 0.15) is 35.2 Å². The standard InChI is InChI=1S/C29H33ClF3N5O5S/c1-44(41,42)37-13-10-26-24(18-37)27(35-38(26)17-22(39)16-36-11-2-3-12-36)19-4-9-25(29(31,32)33)20(14-19)15-34-28(40)43-23-7-5-21(30)6-8-23/h4-9,14,22,39H,2-3,10-13,15-18H2,1H3,(H,34,40). The Morgan fingerprint density at radius 1 is 1.11 bits per heavy atom. The van der Waals surface area contributed by atoms with Gasteiger partial charge in [-0.05, 0) is 67.9 Å². The van der Waals surface area contributed by atoms with Crippen LogP contribution in [0.25, 0.3) is 11.3 Å². The molecule has 44 heavy (non-hydrogen) atoms. The van der Waals surface area contributed by atoms with Gasteiger partial charge in [0.05, 0.1) is 30.2 Å². The molecule has 2 aliphatic rings. The number of benzene rings is 2. The van der Waals surface area contributed by atoms with Crippen LogP contribution in [-0.2, 0) is 42.3 Å². The van der Waals surface area contributed by atoms with Crippen molar-refractivity contribution in [3.05, 3.63) is 69.9 Å². The number of nitrogens with zero attached hydrogens (tertiary/aromatic N) is 4.